The van der Waals surface area contributed by atoms with Gasteiger partial charge < -0.3 is 9.32 Å². The lowest BCUT2D eigenvalue weighted by atomic mass is 10.1. The molecule has 1 aliphatic heterocycles. The third-order valence-electron chi connectivity index (χ3n) is 5.29. The van der Waals surface area contributed by atoms with Gasteiger partial charge in [0.1, 0.15) is 11.6 Å². The molecule has 0 atom stereocenters. The number of hydrogen-bond donors (Lipinski definition) is 0. The van der Waals surface area contributed by atoms with Crippen molar-refractivity contribution < 1.29 is 35.2 Å². The summed E-state index contributed by atoms with van der Waals surface area (Å²) in [5, 5.41) is 0. The van der Waals surface area contributed by atoms with E-state index in [1.54, 1.807) is 6.07 Å². The number of amides is 1. The molecule has 0 aliphatic carbocycles. The Morgan fingerprint density at radius 1 is 0.879 bits per heavy atom. The molecule has 0 bridgehead atoms. The molecule has 1 amide bonds. The normalized spacial score (nSPS) is 15.6. The zero-order valence-corrected chi connectivity index (χ0v) is 17.9. The fourth-order valence-electron chi connectivity index (χ4n) is 3.61. The van der Waals surface area contributed by atoms with Gasteiger partial charge in [-0.25, -0.2) is 12.8 Å². The molecule has 2 aromatic carbocycles. The Hall–Kier alpha value is -3.18. The monoisotopic (exact) mass is 482 g/mol. The van der Waals surface area contributed by atoms with Crippen LogP contribution in [0.4, 0.5) is 17.6 Å². The summed E-state index contributed by atoms with van der Waals surface area (Å²) in [6, 6.07) is 12.8. The predicted octanol–water partition coefficient (Wildman–Crippen LogP) is 4.25. The Balaban J connectivity index is 1.48. The van der Waals surface area contributed by atoms with E-state index in [0.717, 1.165) is 22.5 Å². The minimum absolute atomic E-state index is 0.0397. The van der Waals surface area contributed by atoms with E-state index in [1.165, 1.54) is 41.3 Å². The summed E-state index contributed by atoms with van der Waals surface area (Å²) in [4.78, 5) is 13.3. The van der Waals surface area contributed by atoms with Crippen LogP contribution in [0.5, 0.6) is 0 Å². The Bertz CT molecular complexity index is 1280. The Kier molecular flexibility index (Phi) is 6.02. The van der Waals surface area contributed by atoms with Gasteiger partial charge in [0.05, 0.1) is 16.0 Å². The molecule has 1 fully saturated rings. The second-order valence-electron chi connectivity index (χ2n) is 7.33. The first kappa shape index (κ1) is 23.0. The number of furan rings is 1. The average Bonchev–Trinajstić information content (AvgIpc) is 3.28. The van der Waals surface area contributed by atoms with Crippen LogP contribution in [0.25, 0.3) is 11.3 Å². The van der Waals surface area contributed by atoms with E-state index < -0.39 is 38.4 Å². The first-order chi connectivity index (χ1) is 15.6. The fraction of sp³-hybridized carbons (Fsp3) is 0.227. The minimum Gasteiger partial charge on any atom is -0.451 e. The molecule has 4 rings (SSSR count). The van der Waals surface area contributed by atoms with Gasteiger partial charge in [-0.1, -0.05) is 24.3 Å². The molecule has 11 heteroatoms. The molecule has 0 unspecified atom stereocenters. The number of piperazine rings is 1. The zero-order chi connectivity index (χ0) is 23.8. The van der Waals surface area contributed by atoms with Crippen molar-refractivity contribution in [3.63, 3.8) is 0 Å². The SMILES string of the molecule is O=C(c1ccc(-c2ccccc2F)o1)N1CCN(S(=O)(=O)c2ccccc2C(F)(F)F)CC1. The number of carbonyl (C=O) groups excluding carboxylic acids is 1. The van der Waals surface area contributed by atoms with E-state index in [2.05, 4.69) is 0 Å². The Morgan fingerprint density at radius 2 is 1.52 bits per heavy atom. The lowest BCUT2D eigenvalue weighted by Gasteiger charge is -2.34. The summed E-state index contributed by atoms with van der Waals surface area (Å²) in [5.41, 5.74) is -1.05. The van der Waals surface area contributed by atoms with E-state index in [1.807, 2.05) is 0 Å². The first-order valence-electron chi connectivity index (χ1n) is 9.89. The summed E-state index contributed by atoms with van der Waals surface area (Å²) in [6.07, 6.45) is -4.82. The van der Waals surface area contributed by atoms with Gasteiger partial charge in [0.15, 0.2) is 5.76 Å². The van der Waals surface area contributed by atoms with E-state index in [0.29, 0.717) is 0 Å². The number of carbonyl (C=O) groups is 1. The maximum Gasteiger partial charge on any atom is 0.417 e. The van der Waals surface area contributed by atoms with Gasteiger partial charge >= 0.3 is 6.18 Å². The highest BCUT2D eigenvalue weighted by molar-refractivity contribution is 7.89. The van der Waals surface area contributed by atoms with Crippen molar-refractivity contribution in [2.75, 3.05) is 26.2 Å². The van der Waals surface area contributed by atoms with Crippen molar-refractivity contribution in [1.82, 2.24) is 9.21 Å². The molecule has 1 aliphatic rings. The smallest absolute Gasteiger partial charge is 0.417 e. The molecule has 1 saturated heterocycles. The van der Waals surface area contributed by atoms with Crippen LogP contribution in [0, 0.1) is 5.82 Å². The Morgan fingerprint density at radius 3 is 2.18 bits per heavy atom. The summed E-state index contributed by atoms with van der Waals surface area (Å²) < 4.78 is 85.9. The molecular weight excluding hydrogens is 464 g/mol. The standard InChI is InChI=1S/C22H18F4N2O4S/c23-17-7-3-1-5-15(17)18-9-10-19(32-18)21(29)27-11-13-28(14-12-27)33(30,31)20-8-4-2-6-16(20)22(24,25)26/h1-10H,11-14H2. The van der Waals surface area contributed by atoms with Gasteiger partial charge in [0, 0.05) is 26.2 Å². The molecular formula is C22H18F4N2O4S. The van der Waals surface area contributed by atoms with Gasteiger partial charge in [-0.3, -0.25) is 4.79 Å². The molecule has 0 N–H and O–H groups in total. The van der Waals surface area contributed by atoms with E-state index in [9.17, 15) is 30.8 Å². The summed E-state index contributed by atoms with van der Waals surface area (Å²) in [7, 11) is -4.42. The van der Waals surface area contributed by atoms with Crippen molar-refractivity contribution in [3.8, 4) is 11.3 Å². The van der Waals surface area contributed by atoms with Crippen molar-refractivity contribution in [2.24, 2.45) is 0 Å². The zero-order valence-electron chi connectivity index (χ0n) is 17.0. The Labute approximate surface area is 187 Å². The topological polar surface area (TPSA) is 70.8 Å². The molecule has 6 nitrogen and oxygen atoms in total. The largest absolute Gasteiger partial charge is 0.451 e. The van der Waals surface area contributed by atoms with Crippen LogP contribution in [0.15, 0.2) is 70.0 Å². The molecule has 0 saturated carbocycles. The van der Waals surface area contributed by atoms with Gasteiger partial charge in [0.2, 0.25) is 10.0 Å². The number of benzene rings is 2. The molecule has 33 heavy (non-hydrogen) atoms. The van der Waals surface area contributed by atoms with Crippen LogP contribution in [0.3, 0.4) is 0 Å². The summed E-state index contributed by atoms with van der Waals surface area (Å²) >= 11 is 0. The molecule has 2 heterocycles. The second kappa shape index (κ2) is 8.64. The van der Waals surface area contributed by atoms with Crippen LogP contribution in [0.1, 0.15) is 16.1 Å². The maximum atomic E-state index is 13.9. The van der Waals surface area contributed by atoms with E-state index in [-0.39, 0.29) is 43.3 Å². The van der Waals surface area contributed by atoms with Crippen LogP contribution in [0.2, 0.25) is 0 Å². The number of sulfonamides is 1. The molecule has 0 spiro atoms. The maximum absolute atomic E-state index is 13.9. The highest BCUT2D eigenvalue weighted by Crippen LogP contribution is 2.35. The fourth-order valence-corrected chi connectivity index (χ4v) is 5.25. The molecule has 1 aromatic heterocycles. The van der Waals surface area contributed by atoms with E-state index >= 15 is 0 Å². The van der Waals surface area contributed by atoms with E-state index in [4.69, 9.17) is 4.42 Å². The lowest BCUT2D eigenvalue weighted by Crippen LogP contribution is -2.50. The van der Waals surface area contributed by atoms with Crippen molar-refractivity contribution in [1.29, 1.82) is 0 Å². The molecule has 174 valence electrons. The van der Waals surface area contributed by atoms with Crippen molar-refractivity contribution >= 4 is 15.9 Å². The average molecular weight is 482 g/mol. The molecule has 3 aromatic rings. The lowest BCUT2D eigenvalue weighted by molar-refractivity contribution is -0.139. The minimum atomic E-state index is -4.82. The predicted molar refractivity (Wildman–Crippen MR) is 110 cm³/mol. The number of alkyl halides is 3. The van der Waals surface area contributed by atoms with Crippen molar-refractivity contribution in [2.45, 2.75) is 11.1 Å². The molecule has 0 radical (unpaired) electrons. The summed E-state index contributed by atoms with van der Waals surface area (Å²) in [5.74, 6) is -0.914. The van der Waals surface area contributed by atoms with Gasteiger partial charge in [-0.15, -0.1) is 0 Å². The van der Waals surface area contributed by atoms with Crippen LogP contribution < -0.4 is 0 Å². The van der Waals surface area contributed by atoms with Crippen LogP contribution >= 0.6 is 0 Å². The first-order valence-corrected chi connectivity index (χ1v) is 11.3. The van der Waals surface area contributed by atoms with Gasteiger partial charge in [-0.2, -0.15) is 17.5 Å². The quantitative estimate of drug-likeness (QED) is 0.522. The van der Waals surface area contributed by atoms with Gasteiger partial charge in [0.25, 0.3) is 5.91 Å². The third-order valence-corrected chi connectivity index (χ3v) is 7.25. The third kappa shape index (κ3) is 4.51. The number of rotatable bonds is 4. The number of halogens is 4. The van der Waals surface area contributed by atoms with Gasteiger partial charge in [-0.05, 0) is 36.4 Å². The highest BCUT2D eigenvalue weighted by Gasteiger charge is 2.40. The van der Waals surface area contributed by atoms with Crippen LogP contribution in [-0.4, -0.2) is 49.7 Å². The second-order valence-corrected chi connectivity index (χ2v) is 9.24. The van der Waals surface area contributed by atoms with Crippen LogP contribution in [-0.2, 0) is 16.2 Å². The number of hydrogen-bond acceptors (Lipinski definition) is 4. The summed E-state index contributed by atoms with van der Waals surface area (Å²) in [6.45, 7) is -0.438. The van der Waals surface area contributed by atoms with Crippen molar-refractivity contribution in [3.05, 3.63) is 77.8 Å². The number of nitrogens with zero attached hydrogens (tertiary/aromatic N) is 2. The highest BCUT2D eigenvalue weighted by atomic mass is 32.2.